The molecule has 1 aliphatic rings. The maximum absolute atomic E-state index is 12.5. The number of rotatable bonds is 7. The predicted molar refractivity (Wildman–Crippen MR) is 103 cm³/mol. The Morgan fingerprint density at radius 3 is 2.74 bits per heavy atom. The Kier molecular flexibility index (Phi) is 6.11. The first-order valence-electron chi connectivity index (χ1n) is 9.12. The molecule has 27 heavy (non-hydrogen) atoms. The topological polar surface area (TPSA) is 67.8 Å². The van der Waals surface area contributed by atoms with E-state index in [-0.39, 0.29) is 12.0 Å². The summed E-state index contributed by atoms with van der Waals surface area (Å²) in [5, 5.41) is 0. The lowest BCUT2D eigenvalue weighted by Gasteiger charge is -2.17. The Balaban J connectivity index is 1.48. The van der Waals surface area contributed by atoms with Crippen molar-refractivity contribution in [2.45, 2.75) is 25.4 Å². The van der Waals surface area contributed by atoms with Gasteiger partial charge in [-0.25, -0.2) is 0 Å². The minimum atomic E-state index is -0.0401. The van der Waals surface area contributed by atoms with Gasteiger partial charge in [0.1, 0.15) is 11.9 Å². The Morgan fingerprint density at radius 1 is 1.26 bits per heavy atom. The van der Waals surface area contributed by atoms with E-state index in [4.69, 9.17) is 9.47 Å². The van der Waals surface area contributed by atoms with E-state index >= 15 is 0 Å². The molecule has 7 nitrogen and oxygen atoms in total. The molecule has 3 rings (SSSR count). The van der Waals surface area contributed by atoms with Crippen LogP contribution in [-0.2, 0) is 11.2 Å². The van der Waals surface area contributed by atoms with Crippen LogP contribution in [0.5, 0.6) is 11.6 Å². The summed E-state index contributed by atoms with van der Waals surface area (Å²) in [6, 6.07) is 7.83. The fraction of sp³-hybridized carbons (Fsp3) is 0.450. The zero-order valence-electron chi connectivity index (χ0n) is 16.1. The number of amides is 1. The number of aromatic nitrogens is 2. The first-order chi connectivity index (χ1) is 13.0. The van der Waals surface area contributed by atoms with E-state index in [0.29, 0.717) is 25.4 Å². The van der Waals surface area contributed by atoms with Gasteiger partial charge in [0.2, 0.25) is 11.8 Å². The molecule has 1 atom stereocenters. The Morgan fingerprint density at radius 2 is 2.04 bits per heavy atom. The minimum Gasteiger partial charge on any atom is -0.497 e. The van der Waals surface area contributed by atoms with Crippen LogP contribution in [0.2, 0.25) is 0 Å². The molecule has 2 aromatic rings. The number of hydrogen-bond donors (Lipinski definition) is 0. The monoisotopic (exact) mass is 370 g/mol. The number of anilines is 1. The lowest BCUT2D eigenvalue weighted by molar-refractivity contribution is -0.130. The van der Waals surface area contributed by atoms with Crippen LogP contribution in [0, 0.1) is 0 Å². The molecule has 7 heteroatoms. The van der Waals surface area contributed by atoms with Crippen LogP contribution in [0.15, 0.2) is 36.7 Å². The highest BCUT2D eigenvalue weighted by atomic mass is 16.5. The zero-order chi connectivity index (χ0) is 19.2. The third-order valence-electron chi connectivity index (χ3n) is 4.63. The summed E-state index contributed by atoms with van der Waals surface area (Å²) in [4.78, 5) is 24.8. The fourth-order valence-corrected chi connectivity index (χ4v) is 3.03. The number of hydrogen-bond acceptors (Lipinski definition) is 6. The van der Waals surface area contributed by atoms with Gasteiger partial charge in [0.25, 0.3) is 0 Å². The van der Waals surface area contributed by atoms with E-state index in [2.05, 4.69) is 9.97 Å². The van der Waals surface area contributed by atoms with Crippen molar-refractivity contribution >= 4 is 11.7 Å². The quantitative estimate of drug-likeness (QED) is 0.744. The summed E-state index contributed by atoms with van der Waals surface area (Å²) >= 11 is 0. The molecule has 1 fully saturated rings. The Labute approximate surface area is 159 Å². The largest absolute Gasteiger partial charge is 0.497 e. The standard InChI is InChI=1S/C20H26N4O3/c1-23(2)18-12-21-13-19(22-18)27-17-10-11-24(14-17)20(25)9-6-15-4-7-16(26-3)8-5-15/h4-5,7-8,12-13,17H,6,9-11,14H2,1-3H3. The summed E-state index contributed by atoms with van der Waals surface area (Å²) in [5.74, 6) is 2.23. The normalized spacial score (nSPS) is 16.3. The lowest BCUT2D eigenvalue weighted by Crippen LogP contribution is -2.31. The second-order valence-corrected chi connectivity index (χ2v) is 6.83. The van der Waals surface area contributed by atoms with Gasteiger partial charge in [-0.05, 0) is 24.1 Å². The second kappa shape index (κ2) is 8.70. The van der Waals surface area contributed by atoms with Crippen LogP contribution in [0.4, 0.5) is 5.82 Å². The first kappa shape index (κ1) is 18.9. The van der Waals surface area contributed by atoms with Gasteiger partial charge in [-0.1, -0.05) is 12.1 Å². The average Bonchev–Trinajstić information content (AvgIpc) is 3.15. The average molecular weight is 370 g/mol. The summed E-state index contributed by atoms with van der Waals surface area (Å²) < 4.78 is 11.1. The van der Waals surface area contributed by atoms with Crippen molar-refractivity contribution in [2.75, 3.05) is 39.2 Å². The summed E-state index contributed by atoms with van der Waals surface area (Å²) in [7, 11) is 5.46. The van der Waals surface area contributed by atoms with E-state index in [0.717, 1.165) is 30.0 Å². The van der Waals surface area contributed by atoms with Crippen LogP contribution in [0.25, 0.3) is 0 Å². The van der Waals surface area contributed by atoms with Gasteiger partial charge >= 0.3 is 0 Å². The van der Waals surface area contributed by atoms with Crippen molar-refractivity contribution in [3.05, 3.63) is 42.2 Å². The van der Waals surface area contributed by atoms with Crippen molar-refractivity contribution in [1.29, 1.82) is 0 Å². The third-order valence-corrected chi connectivity index (χ3v) is 4.63. The molecular weight excluding hydrogens is 344 g/mol. The minimum absolute atomic E-state index is 0.0401. The highest BCUT2D eigenvalue weighted by molar-refractivity contribution is 5.76. The van der Waals surface area contributed by atoms with Crippen LogP contribution < -0.4 is 14.4 Å². The van der Waals surface area contributed by atoms with Crippen molar-refractivity contribution in [3.63, 3.8) is 0 Å². The van der Waals surface area contributed by atoms with Gasteiger partial charge in [0, 0.05) is 33.5 Å². The number of carbonyl (C=O) groups is 1. The van der Waals surface area contributed by atoms with Gasteiger partial charge in [0.05, 0.1) is 26.0 Å². The van der Waals surface area contributed by atoms with Gasteiger partial charge in [-0.15, -0.1) is 0 Å². The SMILES string of the molecule is COc1ccc(CCC(=O)N2CCC(Oc3cncc(N(C)C)n3)C2)cc1. The fourth-order valence-electron chi connectivity index (χ4n) is 3.03. The molecule has 2 heterocycles. The van der Waals surface area contributed by atoms with Gasteiger partial charge in [0.15, 0.2) is 5.82 Å². The third kappa shape index (κ3) is 5.09. The number of benzene rings is 1. The molecule has 1 aliphatic heterocycles. The van der Waals surface area contributed by atoms with Crippen LogP contribution >= 0.6 is 0 Å². The van der Waals surface area contributed by atoms with Gasteiger partial charge in [-0.3, -0.25) is 9.78 Å². The number of methoxy groups -OCH3 is 1. The van der Waals surface area contributed by atoms with Crippen molar-refractivity contribution in [1.82, 2.24) is 14.9 Å². The highest BCUT2D eigenvalue weighted by Crippen LogP contribution is 2.19. The van der Waals surface area contributed by atoms with E-state index in [1.165, 1.54) is 0 Å². The van der Waals surface area contributed by atoms with Crippen LogP contribution in [-0.4, -0.2) is 61.2 Å². The molecule has 0 radical (unpaired) electrons. The van der Waals surface area contributed by atoms with E-state index < -0.39 is 0 Å². The molecule has 1 aromatic carbocycles. The van der Waals surface area contributed by atoms with Crippen molar-refractivity contribution in [2.24, 2.45) is 0 Å². The molecule has 0 saturated carbocycles. The second-order valence-electron chi connectivity index (χ2n) is 6.83. The lowest BCUT2D eigenvalue weighted by atomic mass is 10.1. The molecule has 1 unspecified atom stereocenters. The van der Waals surface area contributed by atoms with E-state index in [1.807, 2.05) is 48.2 Å². The number of nitrogens with zero attached hydrogens (tertiary/aromatic N) is 4. The van der Waals surface area contributed by atoms with Crippen LogP contribution in [0.1, 0.15) is 18.4 Å². The molecule has 0 aliphatic carbocycles. The number of likely N-dealkylation sites (tertiary alicyclic amines) is 1. The van der Waals surface area contributed by atoms with Crippen LogP contribution in [0.3, 0.4) is 0 Å². The molecular formula is C20H26N4O3. The summed E-state index contributed by atoms with van der Waals surface area (Å²) in [6.07, 6.45) is 5.29. The van der Waals surface area contributed by atoms with Crippen molar-refractivity contribution in [3.8, 4) is 11.6 Å². The maximum Gasteiger partial charge on any atom is 0.234 e. The molecule has 1 aromatic heterocycles. The molecule has 1 amide bonds. The van der Waals surface area contributed by atoms with Crippen molar-refractivity contribution < 1.29 is 14.3 Å². The Hall–Kier alpha value is -2.83. The smallest absolute Gasteiger partial charge is 0.234 e. The summed E-state index contributed by atoms with van der Waals surface area (Å²) in [5.41, 5.74) is 1.13. The molecule has 1 saturated heterocycles. The van der Waals surface area contributed by atoms with E-state index in [9.17, 15) is 4.79 Å². The highest BCUT2D eigenvalue weighted by Gasteiger charge is 2.27. The first-order valence-corrected chi connectivity index (χ1v) is 9.12. The number of carbonyl (C=O) groups excluding carboxylic acids is 1. The van der Waals surface area contributed by atoms with E-state index in [1.54, 1.807) is 19.5 Å². The van der Waals surface area contributed by atoms with Gasteiger partial charge in [-0.2, -0.15) is 4.98 Å². The number of ether oxygens (including phenoxy) is 2. The molecule has 0 spiro atoms. The number of aryl methyl sites for hydroxylation is 1. The summed E-state index contributed by atoms with van der Waals surface area (Å²) in [6.45, 7) is 1.31. The molecule has 144 valence electrons. The molecule has 0 N–H and O–H groups in total. The maximum atomic E-state index is 12.5. The van der Waals surface area contributed by atoms with Gasteiger partial charge < -0.3 is 19.3 Å². The molecule has 0 bridgehead atoms. The predicted octanol–water partition coefficient (Wildman–Crippen LogP) is 2.16. The Bertz CT molecular complexity index is 764. The zero-order valence-corrected chi connectivity index (χ0v) is 16.1.